The first-order valence-electron chi connectivity index (χ1n) is 8.19. The van der Waals surface area contributed by atoms with E-state index in [9.17, 15) is 0 Å². The van der Waals surface area contributed by atoms with E-state index in [2.05, 4.69) is 98.5 Å². The Labute approximate surface area is 153 Å². The Bertz CT molecular complexity index is 771. The van der Waals surface area contributed by atoms with Gasteiger partial charge in [0.1, 0.15) is 0 Å². The second-order valence-corrected chi connectivity index (χ2v) is 14.5. The van der Waals surface area contributed by atoms with Crippen molar-refractivity contribution < 1.29 is 0 Å². The third-order valence-corrected chi connectivity index (χ3v) is 9.36. The maximum Gasteiger partial charge on any atom is 0.0756 e. The van der Waals surface area contributed by atoms with Gasteiger partial charge in [0, 0.05) is 0 Å². The predicted octanol–water partition coefficient (Wildman–Crippen LogP) is 3.90. The van der Waals surface area contributed by atoms with Crippen molar-refractivity contribution in [2.24, 2.45) is 0 Å². The van der Waals surface area contributed by atoms with E-state index < -0.39 is 16.0 Å². The molecule has 0 spiro atoms. The van der Waals surface area contributed by atoms with Crippen LogP contribution in [-0.2, 0) is 12.6 Å². The quantitative estimate of drug-likeness (QED) is 0.384. The smallest absolute Gasteiger partial charge is 0.0756 e. The average Bonchev–Trinajstić information content (AvgIpc) is 2.58. The third-order valence-electron chi connectivity index (χ3n) is 4.07. The molecule has 3 aromatic rings. The van der Waals surface area contributed by atoms with Crippen LogP contribution in [0.25, 0.3) is 0 Å². The molecule has 3 aromatic carbocycles. The minimum atomic E-state index is -1.45. The molecule has 0 atom stereocenters. The molecule has 3 rings (SSSR count). The highest BCUT2D eigenvalue weighted by molar-refractivity contribution is 7.80. The van der Waals surface area contributed by atoms with Gasteiger partial charge < -0.3 is 12.6 Å². The first-order valence-corrected chi connectivity index (χ1v) is 13.4. The largest absolute Gasteiger partial charge is 0.779 e. The van der Waals surface area contributed by atoms with Gasteiger partial charge in [0.2, 0.25) is 0 Å². The van der Waals surface area contributed by atoms with Crippen LogP contribution >= 0.6 is 7.92 Å². The Hall–Kier alpha value is -1.47. The fourth-order valence-corrected chi connectivity index (χ4v) is 8.07. The number of hydrogen-bond acceptors (Lipinski definition) is 1. The van der Waals surface area contributed by atoms with Crippen LogP contribution in [0.5, 0.6) is 0 Å². The van der Waals surface area contributed by atoms with E-state index in [1.54, 1.807) is 0 Å². The van der Waals surface area contributed by atoms with Crippen molar-refractivity contribution in [1.82, 2.24) is 0 Å². The van der Waals surface area contributed by atoms with E-state index in [1.165, 1.54) is 21.1 Å². The SMILES string of the molecule is C[Si](C)(C)c1cccc(P(c2ccccc2)c2ccccc2)c1[S-]. The van der Waals surface area contributed by atoms with Gasteiger partial charge in [-0.1, -0.05) is 104 Å². The number of benzene rings is 3. The van der Waals surface area contributed by atoms with E-state index in [0.717, 1.165) is 4.90 Å². The van der Waals surface area contributed by atoms with Crippen LogP contribution in [0.1, 0.15) is 0 Å². The highest BCUT2D eigenvalue weighted by atomic mass is 32.1. The lowest BCUT2D eigenvalue weighted by Gasteiger charge is -2.31. The summed E-state index contributed by atoms with van der Waals surface area (Å²) in [5, 5.41) is 5.43. The molecule has 0 aliphatic heterocycles. The van der Waals surface area contributed by atoms with Crippen LogP contribution in [-0.4, -0.2) is 8.07 Å². The Morgan fingerprint density at radius 1 is 0.667 bits per heavy atom. The molecule has 0 fully saturated rings. The van der Waals surface area contributed by atoms with Gasteiger partial charge >= 0.3 is 0 Å². The first kappa shape index (κ1) is 17.4. The van der Waals surface area contributed by atoms with Gasteiger partial charge in [0.15, 0.2) is 0 Å². The van der Waals surface area contributed by atoms with Crippen molar-refractivity contribution in [1.29, 1.82) is 0 Å². The molecule has 0 N–H and O–H groups in total. The van der Waals surface area contributed by atoms with Crippen molar-refractivity contribution in [3.8, 4) is 0 Å². The van der Waals surface area contributed by atoms with Gasteiger partial charge in [0.05, 0.1) is 8.07 Å². The van der Waals surface area contributed by atoms with Gasteiger partial charge in [-0.3, -0.25) is 0 Å². The molecule has 0 saturated carbocycles. The molecule has 0 bridgehead atoms. The molecule has 3 heteroatoms. The zero-order chi connectivity index (χ0) is 17.2. The minimum Gasteiger partial charge on any atom is -0.779 e. The van der Waals surface area contributed by atoms with Gasteiger partial charge in [0.25, 0.3) is 0 Å². The van der Waals surface area contributed by atoms with E-state index in [4.69, 9.17) is 12.6 Å². The van der Waals surface area contributed by atoms with Crippen LogP contribution in [0.15, 0.2) is 83.8 Å². The van der Waals surface area contributed by atoms with Crippen molar-refractivity contribution in [3.05, 3.63) is 78.9 Å². The van der Waals surface area contributed by atoms with E-state index >= 15 is 0 Å². The summed E-state index contributed by atoms with van der Waals surface area (Å²) in [6, 6.07) is 28.2. The molecule has 0 nitrogen and oxygen atoms in total. The van der Waals surface area contributed by atoms with Gasteiger partial charge in [-0.05, 0) is 23.8 Å². The van der Waals surface area contributed by atoms with Crippen LogP contribution in [0, 0.1) is 0 Å². The van der Waals surface area contributed by atoms with Crippen molar-refractivity contribution >= 4 is 49.7 Å². The summed E-state index contributed by atoms with van der Waals surface area (Å²) < 4.78 is 0. The summed E-state index contributed by atoms with van der Waals surface area (Å²) in [6.45, 7) is 7.11. The standard InChI is InChI=1S/C21H23PSSi/c1-24(2,3)20-16-10-15-19(21(20)23)22(17-11-6-4-7-12-17)18-13-8-5-9-14-18/h4-16,23H,1-3H3/p-1. The molecule has 0 unspecified atom stereocenters. The summed E-state index contributed by atoms with van der Waals surface area (Å²) in [4.78, 5) is 1.08. The summed E-state index contributed by atoms with van der Waals surface area (Å²) in [7, 11) is -2.06. The highest BCUT2D eigenvalue weighted by Crippen LogP contribution is 2.33. The second kappa shape index (κ2) is 7.19. The summed E-state index contributed by atoms with van der Waals surface area (Å²) in [6.07, 6.45) is 0. The van der Waals surface area contributed by atoms with Gasteiger partial charge in [-0.25, -0.2) is 0 Å². The lowest BCUT2D eigenvalue weighted by Crippen LogP contribution is -2.42. The summed E-state index contributed by atoms with van der Waals surface area (Å²) >= 11 is 5.97. The summed E-state index contributed by atoms with van der Waals surface area (Å²) in [5.74, 6) is 0. The molecule has 0 saturated heterocycles. The average molecular weight is 366 g/mol. The molecular formula is C21H22PSSi-. The lowest BCUT2D eigenvalue weighted by molar-refractivity contribution is 1.55. The Morgan fingerprint density at radius 3 is 1.62 bits per heavy atom. The van der Waals surface area contributed by atoms with Crippen molar-refractivity contribution in [2.75, 3.05) is 0 Å². The van der Waals surface area contributed by atoms with Crippen molar-refractivity contribution in [2.45, 2.75) is 24.5 Å². The minimum absolute atomic E-state index is 0.612. The molecule has 0 heterocycles. The fourth-order valence-electron chi connectivity index (χ4n) is 2.87. The topological polar surface area (TPSA) is 0 Å². The number of rotatable bonds is 4. The van der Waals surface area contributed by atoms with Crippen LogP contribution in [0.3, 0.4) is 0 Å². The molecule has 122 valence electrons. The Kier molecular flexibility index (Phi) is 5.20. The van der Waals surface area contributed by atoms with Gasteiger partial charge in [-0.2, -0.15) is 4.90 Å². The molecule has 0 aliphatic rings. The highest BCUT2D eigenvalue weighted by Gasteiger charge is 2.21. The summed E-state index contributed by atoms with van der Waals surface area (Å²) in [5.41, 5.74) is 0. The maximum absolute atomic E-state index is 5.97. The van der Waals surface area contributed by atoms with Crippen LogP contribution in [0.4, 0.5) is 0 Å². The van der Waals surface area contributed by atoms with E-state index in [0.29, 0.717) is 0 Å². The fraction of sp³-hybridized carbons (Fsp3) is 0.143. The zero-order valence-corrected chi connectivity index (χ0v) is 17.1. The maximum atomic E-state index is 5.97. The Morgan fingerprint density at radius 2 is 1.17 bits per heavy atom. The van der Waals surface area contributed by atoms with Gasteiger partial charge in [-0.15, -0.1) is 0 Å². The number of hydrogen-bond donors (Lipinski definition) is 0. The Balaban J connectivity index is 2.21. The molecule has 0 radical (unpaired) electrons. The monoisotopic (exact) mass is 365 g/mol. The van der Waals surface area contributed by atoms with Crippen LogP contribution in [0.2, 0.25) is 19.6 Å². The second-order valence-electron chi connectivity index (χ2n) is 6.91. The molecule has 0 aromatic heterocycles. The molecule has 24 heavy (non-hydrogen) atoms. The van der Waals surface area contributed by atoms with Crippen LogP contribution < -0.4 is 21.1 Å². The van der Waals surface area contributed by atoms with Crippen molar-refractivity contribution in [3.63, 3.8) is 0 Å². The molecule has 0 aliphatic carbocycles. The van der Waals surface area contributed by atoms with E-state index in [1.807, 2.05) is 0 Å². The molecular weight excluding hydrogens is 343 g/mol. The first-order chi connectivity index (χ1) is 11.5. The zero-order valence-electron chi connectivity index (χ0n) is 14.4. The van der Waals surface area contributed by atoms with E-state index in [-0.39, 0.29) is 0 Å². The third kappa shape index (κ3) is 3.62. The molecule has 0 amide bonds. The normalized spacial score (nSPS) is 11.7. The lowest BCUT2D eigenvalue weighted by atomic mass is 10.3. The predicted molar refractivity (Wildman–Crippen MR) is 114 cm³/mol.